The van der Waals surface area contributed by atoms with Crippen LogP contribution in [0.2, 0.25) is 0 Å². The van der Waals surface area contributed by atoms with Crippen LogP contribution in [-0.4, -0.2) is 42.4 Å². The molecule has 1 aliphatic heterocycles. The van der Waals surface area contributed by atoms with Gasteiger partial charge in [0, 0.05) is 19.1 Å². The number of amides is 2. The van der Waals surface area contributed by atoms with Gasteiger partial charge in [0.05, 0.1) is 0 Å². The summed E-state index contributed by atoms with van der Waals surface area (Å²) in [6.07, 6.45) is 7.70. The molecule has 2 aliphatic rings. The van der Waals surface area contributed by atoms with Gasteiger partial charge in [-0.05, 0) is 67.1 Å². The minimum absolute atomic E-state index is 0.187. The van der Waals surface area contributed by atoms with Crippen molar-refractivity contribution in [3.8, 4) is 0 Å². The van der Waals surface area contributed by atoms with Gasteiger partial charge in [0.1, 0.15) is 0 Å². The van der Waals surface area contributed by atoms with Crippen molar-refractivity contribution in [3.63, 3.8) is 0 Å². The van der Waals surface area contributed by atoms with E-state index in [1.807, 2.05) is 0 Å². The number of carbonyl (C=O) groups excluding carboxylic acids is 2. The van der Waals surface area contributed by atoms with Gasteiger partial charge < -0.3 is 10.6 Å². The molecule has 3 rings (SSSR count). The molecule has 138 valence electrons. The summed E-state index contributed by atoms with van der Waals surface area (Å²) in [7, 11) is 0. The van der Waals surface area contributed by atoms with Gasteiger partial charge in [0.2, 0.25) is 0 Å². The molecule has 0 bridgehead atoms. The van der Waals surface area contributed by atoms with Crippen molar-refractivity contribution in [3.05, 3.63) is 22.4 Å². The third-order valence-corrected chi connectivity index (χ3v) is 6.12. The Balaban J connectivity index is 1.32. The molecule has 2 N–H and O–H groups in total. The van der Waals surface area contributed by atoms with Crippen LogP contribution in [0.1, 0.15) is 50.5 Å². The number of piperidine rings is 1. The van der Waals surface area contributed by atoms with Crippen molar-refractivity contribution in [2.24, 2.45) is 5.92 Å². The Hall–Kier alpha value is -1.40. The summed E-state index contributed by atoms with van der Waals surface area (Å²) >= 11 is 1.74. The van der Waals surface area contributed by atoms with Gasteiger partial charge in [0.25, 0.3) is 0 Å². The number of thiophene rings is 1. The lowest BCUT2D eigenvalue weighted by Crippen LogP contribution is -2.47. The minimum Gasteiger partial charge on any atom is -0.348 e. The van der Waals surface area contributed by atoms with E-state index in [1.54, 1.807) is 11.3 Å². The highest BCUT2D eigenvalue weighted by atomic mass is 32.1. The highest BCUT2D eigenvalue weighted by Crippen LogP contribution is 2.19. The average Bonchev–Trinajstić information content (AvgIpc) is 3.14. The smallest absolute Gasteiger partial charge is 0.309 e. The molecule has 1 saturated carbocycles. The first-order valence-electron chi connectivity index (χ1n) is 9.53. The standard InChI is InChI=1S/C19H29N3O2S/c23-18(19(24)21-17-4-2-1-3-5-17)20-12-15-6-9-22(10-7-15)13-16-8-11-25-14-16/h8,11,14-15,17H,1-7,9-10,12-13H2,(H,20,23)(H,21,24). The van der Waals surface area contributed by atoms with Crippen LogP contribution in [0.25, 0.3) is 0 Å². The number of hydrogen-bond donors (Lipinski definition) is 2. The Morgan fingerprint density at radius 3 is 2.52 bits per heavy atom. The quantitative estimate of drug-likeness (QED) is 0.790. The summed E-state index contributed by atoms with van der Waals surface area (Å²) in [6.45, 7) is 3.75. The Labute approximate surface area is 154 Å². The molecule has 0 spiro atoms. The van der Waals surface area contributed by atoms with E-state index in [0.29, 0.717) is 12.5 Å². The van der Waals surface area contributed by atoms with E-state index < -0.39 is 11.8 Å². The second-order valence-corrected chi connectivity index (χ2v) is 8.15. The first-order valence-corrected chi connectivity index (χ1v) is 10.5. The van der Waals surface area contributed by atoms with Crippen molar-refractivity contribution in [2.45, 2.75) is 57.5 Å². The van der Waals surface area contributed by atoms with Crippen molar-refractivity contribution >= 4 is 23.2 Å². The molecule has 0 aromatic carbocycles. The molecule has 6 heteroatoms. The number of nitrogens with zero attached hydrogens (tertiary/aromatic N) is 1. The second-order valence-electron chi connectivity index (χ2n) is 7.37. The van der Waals surface area contributed by atoms with Gasteiger partial charge in [-0.3, -0.25) is 14.5 Å². The van der Waals surface area contributed by atoms with E-state index in [1.165, 1.54) is 12.0 Å². The van der Waals surface area contributed by atoms with Crippen LogP contribution in [0.15, 0.2) is 16.8 Å². The average molecular weight is 364 g/mol. The fourth-order valence-corrected chi connectivity index (χ4v) is 4.46. The zero-order chi connectivity index (χ0) is 17.5. The maximum Gasteiger partial charge on any atom is 0.309 e. The van der Waals surface area contributed by atoms with Gasteiger partial charge >= 0.3 is 11.8 Å². The highest BCUT2D eigenvalue weighted by molar-refractivity contribution is 7.07. The maximum atomic E-state index is 12.0. The van der Waals surface area contributed by atoms with Crippen LogP contribution in [0.3, 0.4) is 0 Å². The van der Waals surface area contributed by atoms with Crippen molar-refractivity contribution in [2.75, 3.05) is 19.6 Å². The van der Waals surface area contributed by atoms with Crippen LogP contribution in [0, 0.1) is 5.92 Å². The molecule has 0 unspecified atom stereocenters. The Morgan fingerprint density at radius 1 is 1.08 bits per heavy atom. The summed E-state index contributed by atoms with van der Waals surface area (Å²) < 4.78 is 0. The van der Waals surface area contributed by atoms with Gasteiger partial charge in [0.15, 0.2) is 0 Å². The van der Waals surface area contributed by atoms with Gasteiger partial charge in [-0.15, -0.1) is 0 Å². The molecule has 25 heavy (non-hydrogen) atoms. The Bertz CT molecular complexity index is 547. The van der Waals surface area contributed by atoms with E-state index in [4.69, 9.17) is 0 Å². The predicted molar refractivity (Wildman–Crippen MR) is 100 cm³/mol. The lowest BCUT2D eigenvalue weighted by molar-refractivity contribution is -0.139. The lowest BCUT2D eigenvalue weighted by atomic mass is 9.95. The van der Waals surface area contributed by atoms with Crippen LogP contribution in [-0.2, 0) is 16.1 Å². The second kappa shape index (κ2) is 9.34. The molecule has 2 fully saturated rings. The molecular formula is C19H29N3O2S. The van der Waals surface area contributed by atoms with E-state index >= 15 is 0 Å². The monoisotopic (exact) mass is 363 g/mol. The van der Waals surface area contributed by atoms with Crippen LogP contribution >= 0.6 is 11.3 Å². The molecular weight excluding hydrogens is 334 g/mol. The van der Waals surface area contributed by atoms with Crippen molar-refractivity contribution in [1.29, 1.82) is 0 Å². The molecule has 2 amide bonds. The maximum absolute atomic E-state index is 12.0. The lowest BCUT2D eigenvalue weighted by Gasteiger charge is -2.31. The number of hydrogen-bond acceptors (Lipinski definition) is 4. The van der Waals surface area contributed by atoms with Crippen molar-refractivity contribution in [1.82, 2.24) is 15.5 Å². The van der Waals surface area contributed by atoms with E-state index in [2.05, 4.69) is 32.4 Å². The molecule has 1 aromatic rings. The normalized spacial score (nSPS) is 20.3. The van der Waals surface area contributed by atoms with E-state index in [-0.39, 0.29) is 6.04 Å². The highest BCUT2D eigenvalue weighted by Gasteiger charge is 2.23. The SMILES string of the molecule is O=C(NCC1CCN(Cc2ccsc2)CC1)C(=O)NC1CCCCC1. The van der Waals surface area contributed by atoms with Gasteiger partial charge in [-0.2, -0.15) is 11.3 Å². The van der Waals surface area contributed by atoms with Gasteiger partial charge in [-0.25, -0.2) is 0 Å². The van der Waals surface area contributed by atoms with Gasteiger partial charge in [-0.1, -0.05) is 19.3 Å². The minimum atomic E-state index is -0.466. The Kier molecular flexibility index (Phi) is 6.87. The summed E-state index contributed by atoms with van der Waals surface area (Å²) in [6, 6.07) is 2.37. The first kappa shape index (κ1) is 18.4. The fourth-order valence-electron chi connectivity index (χ4n) is 3.80. The number of likely N-dealkylation sites (tertiary alicyclic amines) is 1. The third kappa shape index (κ3) is 5.82. The van der Waals surface area contributed by atoms with E-state index in [9.17, 15) is 9.59 Å². The van der Waals surface area contributed by atoms with Crippen LogP contribution in [0.4, 0.5) is 0 Å². The molecule has 0 atom stereocenters. The van der Waals surface area contributed by atoms with E-state index in [0.717, 1.165) is 58.2 Å². The molecule has 5 nitrogen and oxygen atoms in total. The summed E-state index contributed by atoms with van der Waals surface area (Å²) in [5.41, 5.74) is 1.39. The zero-order valence-corrected chi connectivity index (χ0v) is 15.7. The molecule has 1 aliphatic carbocycles. The zero-order valence-electron chi connectivity index (χ0n) is 14.8. The fraction of sp³-hybridized carbons (Fsp3) is 0.684. The molecule has 1 aromatic heterocycles. The first-order chi connectivity index (χ1) is 12.2. The molecule has 0 radical (unpaired) electrons. The number of rotatable bonds is 5. The summed E-state index contributed by atoms with van der Waals surface area (Å²) in [5.74, 6) is -0.446. The third-order valence-electron chi connectivity index (χ3n) is 5.39. The number of nitrogens with one attached hydrogen (secondary N) is 2. The number of carbonyl (C=O) groups is 2. The van der Waals surface area contributed by atoms with Crippen LogP contribution < -0.4 is 10.6 Å². The Morgan fingerprint density at radius 2 is 1.84 bits per heavy atom. The summed E-state index contributed by atoms with van der Waals surface area (Å²) in [5, 5.41) is 10.0. The van der Waals surface area contributed by atoms with Crippen LogP contribution in [0.5, 0.6) is 0 Å². The topological polar surface area (TPSA) is 61.4 Å². The molecule has 2 heterocycles. The van der Waals surface area contributed by atoms with Crippen molar-refractivity contribution < 1.29 is 9.59 Å². The summed E-state index contributed by atoms with van der Waals surface area (Å²) in [4.78, 5) is 26.5. The predicted octanol–water partition coefficient (Wildman–Crippen LogP) is 2.53. The molecule has 1 saturated heterocycles. The largest absolute Gasteiger partial charge is 0.348 e.